The predicted molar refractivity (Wildman–Crippen MR) is 144 cm³/mol. The summed E-state index contributed by atoms with van der Waals surface area (Å²) >= 11 is 0. The maximum Gasteiger partial charge on any atom is 0.326 e. The van der Waals surface area contributed by atoms with Crippen LogP contribution in [0.4, 0.5) is 0 Å². The summed E-state index contributed by atoms with van der Waals surface area (Å²) in [7, 11) is 0. The van der Waals surface area contributed by atoms with Gasteiger partial charge < -0.3 is 47.8 Å². The fourth-order valence-corrected chi connectivity index (χ4v) is 4.20. The molecule has 5 amide bonds. The molecule has 0 saturated carbocycles. The molecule has 1 fully saturated rings. The molecule has 0 radical (unpaired) electrons. The average Bonchev–Trinajstić information content (AvgIpc) is 3.39. The predicted octanol–water partition coefficient (Wildman–Crippen LogP) is -2.85. The van der Waals surface area contributed by atoms with Gasteiger partial charge in [-0.25, -0.2) is 4.79 Å². The van der Waals surface area contributed by atoms with Crippen molar-refractivity contribution < 1.29 is 39.0 Å². The summed E-state index contributed by atoms with van der Waals surface area (Å²) in [6.45, 7) is 6.32. The number of unbranched alkanes of at least 4 members (excludes halogenated alkanes) is 1. The van der Waals surface area contributed by atoms with Crippen LogP contribution < -0.4 is 32.7 Å². The van der Waals surface area contributed by atoms with Crippen molar-refractivity contribution in [1.82, 2.24) is 26.2 Å². The van der Waals surface area contributed by atoms with Crippen LogP contribution >= 0.6 is 0 Å². The number of aliphatic carboxylic acids is 1. The number of carboxylic acid groups (broad SMARTS) is 1. The van der Waals surface area contributed by atoms with Gasteiger partial charge in [-0.15, -0.1) is 0 Å². The highest BCUT2D eigenvalue weighted by Crippen LogP contribution is 2.18. The van der Waals surface area contributed by atoms with Crippen LogP contribution in [0.2, 0.25) is 0 Å². The molecule has 15 heteroatoms. The molecule has 1 aliphatic heterocycles. The molecule has 1 aliphatic rings. The molecule has 0 aromatic rings. The normalized spacial score (nSPS) is 18.7. The summed E-state index contributed by atoms with van der Waals surface area (Å²) in [5, 5.41) is 28.6. The summed E-state index contributed by atoms with van der Waals surface area (Å²) < 4.78 is 0. The van der Waals surface area contributed by atoms with E-state index >= 15 is 0 Å². The van der Waals surface area contributed by atoms with E-state index in [0.29, 0.717) is 38.8 Å². The van der Waals surface area contributed by atoms with Gasteiger partial charge in [-0.2, -0.15) is 0 Å². The van der Waals surface area contributed by atoms with Crippen LogP contribution in [0.1, 0.15) is 59.8 Å². The van der Waals surface area contributed by atoms with E-state index < -0.39 is 78.4 Å². The minimum absolute atomic E-state index is 0.189. The number of hydrogen-bond donors (Lipinski definition) is 8. The fraction of sp³-hybridized carbons (Fsp3) is 0.760. The summed E-state index contributed by atoms with van der Waals surface area (Å²) in [5.74, 6) is -4.73. The molecule has 10 N–H and O–H groups in total. The van der Waals surface area contributed by atoms with E-state index in [0.717, 1.165) is 0 Å². The smallest absolute Gasteiger partial charge is 0.326 e. The zero-order chi connectivity index (χ0) is 30.6. The molecule has 0 aromatic carbocycles. The Kier molecular flexibility index (Phi) is 14.5. The van der Waals surface area contributed by atoms with Crippen LogP contribution in [0.3, 0.4) is 0 Å². The number of amides is 5. The molecule has 0 bridgehead atoms. The van der Waals surface area contributed by atoms with Crippen LogP contribution in [0, 0.1) is 5.92 Å². The summed E-state index contributed by atoms with van der Waals surface area (Å²) in [5.41, 5.74) is 11.0. The van der Waals surface area contributed by atoms with E-state index in [1.165, 1.54) is 18.7 Å². The van der Waals surface area contributed by atoms with E-state index in [-0.39, 0.29) is 12.3 Å². The summed E-state index contributed by atoms with van der Waals surface area (Å²) in [4.78, 5) is 76.2. The Morgan fingerprint density at radius 1 is 0.900 bits per heavy atom. The number of carboxylic acids is 1. The number of aliphatic hydroxyl groups excluding tert-OH is 1. The quantitative estimate of drug-likeness (QED) is 0.0881. The highest BCUT2D eigenvalue weighted by molar-refractivity contribution is 5.96. The van der Waals surface area contributed by atoms with Crippen LogP contribution in [-0.2, 0) is 28.8 Å². The van der Waals surface area contributed by atoms with Crippen molar-refractivity contribution >= 4 is 35.5 Å². The van der Waals surface area contributed by atoms with Gasteiger partial charge >= 0.3 is 5.97 Å². The Morgan fingerprint density at radius 3 is 2.05 bits per heavy atom. The number of nitrogens with two attached hydrogens (primary N) is 2. The van der Waals surface area contributed by atoms with Crippen molar-refractivity contribution in [2.75, 3.05) is 19.7 Å². The number of rotatable bonds is 16. The third kappa shape index (κ3) is 10.4. The molecule has 1 saturated heterocycles. The number of nitrogens with one attached hydrogen (secondary N) is 4. The lowest BCUT2D eigenvalue weighted by Crippen LogP contribution is -2.58. The van der Waals surface area contributed by atoms with E-state index in [1.54, 1.807) is 13.8 Å². The number of carbonyl (C=O) groups excluding carboxylic acids is 5. The van der Waals surface area contributed by atoms with Crippen molar-refractivity contribution in [3.8, 4) is 0 Å². The monoisotopic (exact) mass is 571 g/mol. The van der Waals surface area contributed by atoms with Crippen LogP contribution in [0.25, 0.3) is 0 Å². The molecule has 6 atom stereocenters. The van der Waals surface area contributed by atoms with E-state index in [9.17, 15) is 33.9 Å². The molecule has 15 nitrogen and oxygen atoms in total. The van der Waals surface area contributed by atoms with Crippen molar-refractivity contribution in [1.29, 1.82) is 0 Å². The maximum atomic E-state index is 12.8. The molecular formula is C25H45N7O8. The average molecular weight is 572 g/mol. The standard InChI is InChI=1S/C25H45N7O8/c1-13(2)19(23(37)30-17(25(39)40)8-5-6-10-26)31-21(35)15(4)28-20(34)14(3)29-22(36)18-9-7-11-32(18)24(38)16(27)12-33/h13-19,33H,5-12,26-27H2,1-4H3,(H,28,34)(H,29,36)(H,30,37)(H,31,35)(H,39,40)/t14-,15-,16-,17-,18-,19-/m0/s1. The SMILES string of the molecule is CC(C)[C@H](NC(=O)[C@H](C)NC(=O)[C@H](C)NC(=O)[C@@H]1CCCN1C(=O)[C@@H](N)CO)C(=O)N[C@@H](CCCCN)C(=O)O. The van der Waals surface area contributed by atoms with Gasteiger partial charge in [-0.3, -0.25) is 24.0 Å². The first kappa shape index (κ1) is 34.7. The van der Waals surface area contributed by atoms with Gasteiger partial charge in [0.25, 0.3) is 0 Å². The van der Waals surface area contributed by atoms with Crippen LogP contribution in [-0.4, -0.2) is 107 Å². The third-order valence-corrected chi connectivity index (χ3v) is 6.66. The number of likely N-dealkylation sites (tertiary alicyclic amines) is 1. The molecule has 0 unspecified atom stereocenters. The Balaban J connectivity index is 2.72. The van der Waals surface area contributed by atoms with E-state index in [2.05, 4.69) is 21.3 Å². The topological polar surface area (TPSA) is 246 Å². The van der Waals surface area contributed by atoms with Gasteiger partial charge in [0.2, 0.25) is 29.5 Å². The molecule has 0 aliphatic carbocycles. The van der Waals surface area contributed by atoms with Crippen molar-refractivity contribution in [2.45, 2.75) is 96.1 Å². The Bertz CT molecular complexity index is 916. The second-order valence-corrected chi connectivity index (χ2v) is 10.4. The Morgan fingerprint density at radius 2 is 1.50 bits per heavy atom. The third-order valence-electron chi connectivity index (χ3n) is 6.66. The highest BCUT2D eigenvalue weighted by Gasteiger charge is 2.37. The van der Waals surface area contributed by atoms with Crippen molar-refractivity contribution in [2.24, 2.45) is 17.4 Å². The van der Waals surface area contributed by atoms with Crippen molar-refractivity contribution in [3.63, 3.8) is 0 Å². The first-order valence-corrected chi connectivity index (χ1v) is 13.6. The summed E-state index contributed by atoms with van der Waals surface area (Å²) in [6.07, 6.45) is 2.24. The first-order valence-electron chi connectivity index (χ1n) is 13.6. The Hall–Kier alpha value is -3.30. The second kappa shape index (κ2) is 16.7. The van der Waals surface area contributed by atoms with Gasteiger partial charge in [-0.1, -0.05) is 13.8 Å². The number of nitrogens with zero attached hydrogens (tertiary/aromatic N) is 1. The molecule has 1 rings (SSSR count). The fourth-order valence-electron chi connectivity index (χ4n) is 4.20. The minimum atomic E-state index is -1.20. The maximum absolute atomic E-state index is 12.8. The van der Waals surface area contributed by atoms with Gasteiger partial charge in [-0.05, 0) is 58.4 Å². The first-order chi connectivity index (χ1) is 18.7. The van der Waals surface area contributed by atoms with Gasteiger partial charge in [0.1, 0.15) is 36.3 Å². The zero-order valence-electron chi connectivity index (χ0n) is 23.6. The molecular weight excluding hydrogens is 526 g/mol. The molecule has 1 heterocycles. The van der Waals surface area contributed by atoms with Crippen molar-refractivity contribution in [3.05, 3.63) is 0 Å². The number of carbonyl (C=O) groups is 6. The molecule has 228 valence electrons. The number of aliphatic hydroxyl groups is 1. The lowest BCUT2D eigenvalue weighted by molar-refractivity contribution is -0.143. The molecule has 0 aromatic heterocycles. The van der Waals surface area contributed by atoms with E-state index in [1.807, 2.05) is 0 Å². The lowest BCUT2D eigenvalue weighted by atomic mass is 10.0. The molecule has 0 spiro atoms. The zero-order valence-corrected chi connectivity index (χ0v) is 23.6. The van der Waals surface area contributed by atoms with Gasteiger partial charge in [0.15, 0.2) is 0 Å². The highest BCUT2D eigenvalue weighted by atomic mass is 16.4. The van der Waals surface area contributed by atoms with E-state index in [4.69, 9.17) is 16.6 Å². The summed E-state index contributed by atoms with van der Waals surface area (Å²) in [6, 6.07) is -6.32. The Labute approximate surface area is 234 Å². The van der Waals surface area contributed by atoms with Crippen LogP contribution in [0.5, 0.6) is 0 Å². The minimum Gasteiger partial charge on any atom is -0.480 e. The lowest BCUT2D eigenvalue weighted by Gasteiger charge is -2.28. The second-order valence-electron chi connectivity index (χ2n) is 10.4. The largest absolute Gasteiger partial charge is 0.480 e. The van der Waals surface area contributed by atoms with Crippen LogP contribution in [0.15, 0.2) is 0 Å². The van der Waals surface area contributed by atoms with Gasteiger partial charge in [0.05, 0.1) is 6.61 Å². The molecule has 40 heavy (non-hydrogen) atoms. The number of hydrogen-bond acceptors (Lipinski definition) is 9. The van der Waals surface area contributed by atoms with Gasteiger partial charge in [0, 0.05) is 6.54 Å².